The van der Waals surface area contributed by atoms with Crippen molar-refractivity contribution in [1.82, 2.24) is 0 Å². The topological polar surface area (TPSA) is 26.3 Å². The van der Waals surface area contributed by atoms with E-state index >= 15 is 0 Å². The molecule has 84 valence electrons. The van der Waals surface area contributed by atoms with Crippen LogP contribution in [0.2, 0.25) is 0 Å². The molecule has 0 spiro atoms. The van der Waals surface area contributed by atoms with Gasteiger partial charge >= 0.3 is 0 Å². The molecule has 3 atom stereocenters. The zero-order valence-electron chi connectivity index (χ0n) is 9.88. The van der Waals surface area contributed by atoms with Crippen molar-refractivity contribution in [3.8, 4) is 0 Å². The summed E-state index contributed by atoms with van der Waals surface area (Å²) in [5.41, 5.74) is 1.23. The molecule has 0 unspecified atom stereocenters. The maximum absolute atomic E-state index is 11.2. The van der Waals surface area contributed by atoms with E-state index in [2.05, 4.69) is 20.8 Å². The molecular formula is C13H20O2. The smallest absolute Gasteiger partial charge is 0.126 e. The van der Waals surface area contributed by atoms with E-state index in [1.165, 1.54) is 11.3 Å². The Morgan fingerprint density at radius 1 is 1.47 bits per heavy atom. The zero-order valence-corrected chi connectivity index (χ0v) is 9.88. The van der Waals surface area contributed by atoms with Gasteiger partial charge in [-0.05, 0) is 30.3 Å². The lowest BCUT2D eigenvalue weighted by molar-refractivity contribution is -0.118. The second kappa shape index (κ2) is 3.66. The fraction of sp³-hybridized carbons (Fsp3) is 0.769. The third kappa shape index (κ3) is 1.60. The van der Waals surface area contributed by atoms with Crippen molar-refractivity contribution in [3.05, 3.63) is 11.3 Å². The van der Waals surface area contributed by atoms with Crippen molar-refractivity contribution < 1.29 is 9.53 Å². The first-order valence-electron chi connectivity index (χ1n) is 5.90. The molecule has 0 N–H and O–H groups in total. The zero-order chi connectivity index (χ0) is 11.1. The average molecular weight is 208 g/mol. The summed E-state index contributed by atoms with van der Waals surface area (Å²) >= 11 is 0. The Labute approximate surface area is 91.7 Å². The predicted molar refractivity (Wildman–Crippen MR) is 59.3 cm³/mol. The third-order valence-electron chi connectivity index (χ3n) is 4.30. The second-order valence-corrected chi connectivity index (χ2v) is 5.26. The largest absolute Gasteiger partial charge is 0.498 e. The molecule has 0 radical (unpaired) electrons. The summed E-state index contributed by atoms with van der Waals surface area (Å²) in [6.07, 6.45) is 4.11. The molecule has 0 saturated heterocycles. The number of carbonyl (C=O) groups is 1. The summed E-state index contributed by atoms with van der Waals surface area (Å²) in [7, 11) is 0. The van der Waals surface area contributed by atoms with Crippen molar-refractivity contribution in [2.75, 3.05) is 6.61 Å². The van der Waals surface area contributed by atoms with Gasteiger partial charge in [0.1, 0.15) is 6.29 Å². The quantitative estimate of drug-likeness (QED) is 0.619. The van der Waals surface area contributed by atoms with Gasteiger partial charge in [-0.15, -0.1) is 0 Å². The summed E-state index contributed by atoms with van der Waals surface area (Å²) in [6.45, 7) is 7.36. The molecule has 0 aromatic carbocycles. The lowest BCUT2D eigenvalue weighted by Gasteiger charge is -2.42. The van der Waals surface area contributed by atoms with Crippen LogP contribution in [0, 0.1) is 17.3 Å². The Balaban J connectivity index is 2.36. The molecule has 1 aliphatic carbocycles. The molecule has 2 rings (SSSR count). The molecule has 2 nitrogen and oxygen atoms in total. The highest BCUT2D eigenvalue weighted by molar-refractivity contribution is 5.61. The van der Waals surface area contributed by atoms with Crippen LogP contribution in [0.4, 0.5) is 0 Å². The summed E-state index contributed by atoms with van der Waals surface area (Å²) in [5.74, 6) is 2.11. The van der Waals surface area contributed by atoms with Crippen molar-refractivity contribution in [1.29, 1.82) is 0 Å². The van der Waals surface area contributed by atoms with E-state index in [4.69, 9.17) is 4.74 Å². The van der Waals surface area contributed by atoms with Crippen LogP contribution in [-0.2, 0) is 9.53 Å². The highest BCUT2D eigenvalue weighted by Gasteiger charge is 2.41. The van der Waals surface area contributed by atoms with E-state index in [-0.39, 0.29) is 5.41 Å². The van der Waals surface area contributed by atoms with Crippen molar-refractivity contribution in [2.45, 2.75) is 40.0 Å². The van der Waals surface area contributed by atoms with E-state index in [9.17, 15) is 4.79 Å². The van der Waals surface area contributed by atoms with Gasteiger partial charge in [0, 0.05) is 11.8 Å². The van der Waals surface area contributed by atoms with Crippen LogP contribution in [0.5, 0.6) is 0 Å². The Hall–Kier alpha value is -0.790. The normalized spacial score (nSPS) is 40.7. The number of allylic oxidation sites excluding steroid dienone is 2. The van der Waals surface area contributed by atoms with Gasteiger partial charge in [-0.3, -0.25) is 0 Å². The van der Waals surface area contributed by atoms with Crippen LogP contribution in [0.15, 0.2) is 11.3 Å². The number of hydrogen-bond donors (Lipinski definition) is 0. The summed E-state index contributed by atoms with van der Waals surface area (Å²) < 4.78 is 5.72. The lowest BCUT2D eigenvalue weighted by Crippen LogP contribution is -2.36. The fourth-order valence-electron chi connectivity index (χ4n) is 2.87. The SMILES string of the molecule is C[C@@H]1CCOC2=C1[C@@H](C)[C@@](C)(C=O)CC2. The molecule has 0 bridgehead atoms. The number of ether oxygens (including phenoxy) is 1. The molecule has 1 aliphatic heterocycles. The first-order valence-corrected chi connectivity index (χ1v) is 5.90. The molecule has 0 amide bonds. The third-order valence-corrected chi connectivity index (χ3v) is 4.30. The number of rotatable bonds is 1. The highest BCUT2D eigenvalue weighted by atomic mass is 16.5. The first-order chi connectivity index (χ1) is 7.08. The van der Waals surface area contributed by atoms with Gasteiger partial charge in [0.05, 0.1) is 12.4 Å². The van der Waals surface area contributed by atoms with E-state index in [1.807, 2.05) is 0 Å². The van der Waals surface area contributed by atoms with Crippen LogP contribution in [0.3, 0.4) is 0 Å². The minimum absolute atomic E-state index is 0.173. The second-order valence-electron chi connectivity index (χ2n) is 5.26. The standard InChI is InChI=1S/C13H20O2/c1-9-5-7-15-11-4-6-13(3,8-14)10(2)12(9)11/h8-10H,4-7H2,1-3H3/t9-,10-,13-/m1/s1. The maximum Gasteiger partial charge on any atom is 0.126 e. The Bertz CT molecular complexity index is 306. The molecule has 1 heterocycles. The van der Waals surface area contributed by atoms with E-state index in [0.29, 0.717) is 11.8 Å². The highest BCUT2D eigenvalue weighted by Crippen LogP contribution is 2.47. The average Bonchev–Trinajstić information content (AvgIpc) is 2.24. The predicted octanol–water partition coefficient (Wildman–Crippen LogP) is 2.93. The van der Waals surface area contributed by atoms with Crippen LogP contribution in [0.1, 0.15) is 40.0 Å². The van der Waals surface area contributed by atoms with Crippen molar-refractivity contribution in [3.63, 3.8) is 0 Å². The van der Waals surface area contributed by atoms with Gasteiger partial charge in [0.25, 0.3) is 0 Å². The van der Waals surface area contributed by atoms with E-state index < -0.39 is 0 Å². The Kier molecular flexibility index (Phi) is 2.61. The Morgan fingerprint density at radius 3 is 2.87 bits per heavy atom. The molecule has 2 heteroatoms. The number of aldehydes is 1. The fourth-order valence-corrected chi connectivity index (χ4v) is 2.87. The van der Waals surface area contributed by atoms with Crippen LogP contribution >= 0.6 is 0 Å². The Morgan fingerprint density at radius 2 is 2.20 bits per heavy atom. The number of carbonyl (C=O) groups excluding carboxylic acids is 1. The minimum atomic E-state index is -0.173. The molecule has 15 heavy (non-hydrogen) atoms. The van der Waals surface area contributed by atoms with Gasteiger partial charge in [-0.1, -0.05) is 20.8 Å². The van der Waals surface area contributed by atoms with Gasteiger partial charge in [0.15, 0.2) is 0 Å². The minimum Gasteiger partial charge on any atom is -0.498 e. The van der Waals surface area contributed by atoms with Crippen molar-refractivity contribution >= 4 is 6.29 Å². The number of hydrogen-bond acceptors (Lipinski definition) is 2. The maximum atomic E-state index is 11.2. The molecular weight excluding hydrogens is 188 g/mol. The van der Waals surface area contributed by atoms with Gasteiger partial charge in [-0.25, -0.2) is 0 Å². The summed E-state index contributed by atoms with van der Waals surface area (Å²) in [5, 5.41) is 0. The van der Waals surface area contributed by atoms with Crippen LogP contribution in [0.25, 0.3) is 0 Å². The molecule has 0 fully saturated rings. The monoisotopic (exact) mass is 208 g/mol. The van der Waals surface area contributed by atoms with Gasteiger partial charge in [-0.2, -0.15) is 0 Å². The molecule has 0 aromatic heterocycles. The molecule has 0 saturated carbocycles. The van der Waals surface area contributed by atoms with Crippen LogP contribution < -0.4 is 0 Å². The van der Waals surface area contributed by atoms with Crippen LogP contribution in [-0.4, -0.2) is 12.9 Å². The van der Waals surface area contributed by atoms with E-state index in [0.717, 1.165) is 32.2 Å². The summed E-state index contributed by atoms with van der Waals surface area (Å²) in [6, 6.07) is 0. The molecule has 2 aliphatic rings. The van der Waals surface area contributed by atoms with E-state index in [1.54, 1.807) is 0 Å². The van der Waals surface area contributed by atoms with Crippen molar-refractivity contribution in [2.24, 2.45) is 17.3 Å². The first kappa shape index (κ1) is 10.7. The van der Waals surface area contributed by atoms with Gasteiger partial charge < -0.3 is 9.53 Å². The lowest BCUT2D eigenvalue weighted by atomic mass is 9.65. The van der Waals surface area contributed by atoms with Gasteiger partial charge in [0.2, 0.25) is 0 Å². The molecule has 0 aromatic rings. The summed E-state index contributed by atoms with van der Waals surface area (Å²) in [4.78, 5) is 11.2.